The zero-order valence-electron chi connectivity index (χ0n) is 26.3. The summed E-state index contributed by atoms with van der Waals surface area (Å²) in [7, 11) is 0. The Bertz CT molecular complexity index is 2730. The molecule has 2 heteroatoms. The van der Waals surface area contributed by atoms with Crippen LogP contribution in [-0.2, 0) is 5.41 Å². The van der Waals surface area contributed by atoms with Crippen molar-refractivity contribution in [3.8, 4) is 11.1 Å². The fourth-order valence-electron chi connectivity index (χ4n) is 8.15. The predicted molar refractivity (Wildman–Crippen MR) is 204 cm³/mol. The van der Waals surface area contributed by atoms with Gasteiger partial charge >= 0.3 is 0 Å². The van der Waals surface area contributed by atoms with Gasteiger partial charge < -0.3 is 4.90 Å². The van der Waals surface area contributed by atoms with E-state index < -0.39 is 0 Å². The zero-order chi connectivity index (χ0) is 31.3. The predicted octanol–water partition coefficient (Wildman–Crippen LogP) is 13.3. The zero-order valence-corrected chi connectivity index (χ0v) is 27.1. The molecule has 0 radical (unpaired) electrons. The number of fused-ring (bicyclic) bond motifs is 11. The van der Waals surface area contributed by atoms with E-state index in [1.807, 2.05) is 11.3 Å². The first-order valence-electron chi connectivity index (χ1n) is 16.4. The van der Waals surface area contributed by atoms with Crippen molar-refractivity contribution in [2.24, 2.45) is 0 Å². The van der Waals surface area contributed by atoms with Crippen LogP contribution in [0.25, 0.3) is 63.6 Å². The van der Waals surface area contributed by atoms with Crippen LogP contribution in [0.2, 0.25) is 0 Å². The highest BCUT2D eigenvalue weighted by Gasteiger charge is 2.35. The third kappa shape index (κ3) is 3.83. The van der Waals surface area contributed by atoms with E-state index in [0.29, 0.717) is 0 Å². The third-order valence-electron chi connectivity index (χ3n) is 10.4. The van der Waals surface area contributed by atoms with Crippen LogP contribution in [0.3, 0.4) is 0 Å². The number of anilines is 3. The van der Waals surface area contributed by atoms with E-state index >= 15 is 0 Å². The molecule has 1 nitrogen and oxygen atoms in total. The Morgan fingerprint density at radius 2 is 1.13 bits per heavy atom. The summed E-state index contributed by atoms with van der Waals surface area (Å²) in [5.74, 6) is 0. The molecule has 1 aliphatic carbocycles. The Kier molecular flexibility index (Phi) is 5.57. The standard InChI is InChI=1S/C45H31NS/c1-45(2)39-15-7-5-12-33(39)34-24-21-31(27-40(34)45)46(30-22-25-43-38(26-30)36-13-6-8-17-42(36)47-43)41-16-9-14-37-35(41)23-20-29-19-18-28-10-3-4-11-32(28)44(29)37/h3-27H,1-2H3. The topological polar surface area (TPSA) is 3.24 Å². The molecule has 222 valence electrons. The van der Waals surface area contributed by atoms with Crippen LogP contribution in [0.4, 0.5) is 17.1 Å². The largest absolute Gasteiger partial charge is 0.310 e. The average Bonchev–Trinajstić information content (AvgIpc) is 3.60. The minimum absolute atomic E-state index is 0.0883. The summed E-state index contributed by atoms with van der Waals surface area (Å²) in [6, 6.07) is 56.5. The van der Waals surface area contributed by atoms with Gasteiger partial charge in [-0.2, -0.15) is 0 Å². The van der Waals surface area contributed by atoms with E-state index in [4.69, 9.17) is 0 Å². The average molecular weight is 618 g/mol. The first-order chi connectivity index (χ1) is 23.1. The van der Waals surface area contributed by atoms with Crippen molar-refractivity contribution in [2.45, 2.75) is 19.3 Å². The fraction of sp³-hybridized carbons (Fsp3) is 0.0667. The molecule has 0 atom stereocenters. The lowest BCUT2D eigenvalue weighted by Gasteiger charge is -2.29. The summed E-state index contributed by atoms with van der Waals surface area (Å²) in [5, 5.41) is 10.3. The summed E-state index contributed by atoms with van der Waals surface area (Å²) >= 11 is 1.87. The second-order valence-corrected chi connectivity index (χ2v) is 14.4. The van der Waals surface area contributed by atoms with Crippen LogP contribution < -0.4 is 4.90 Å². The Morgan fingerprint density at radius 3 is 2.06 bits per heavy atom. The van der Waals surface area contributed by atoms with Gasteiger partial charge in [0.05, 0.1) is 5.69 Å². The maximum atomic E-state index is 2.49. The summed E-state index contributed by atoms with van der Waals surface area (Å²) in [4.78, 5) is 2.49. The van der Waals surface area contributed by atoms with Crippen LogP contribution in [0.1, 0.15) is 25.0 Å². The van der Waals surface area contributed by atoms with Crippen LogP contribution in [0.5, 0.6) is 0 Å². The van der Waals surface area contributed by atoms with Gasteiger partial charge in [0, 0.05) is 42.3 Å². The molecular formula is C45H31NS. The maximum absolute atomic E-state index is 2.49. The molecule has 0 saturated carbocycles. The maximum Gasteiger partial charge on any atom is 0.0540 e. The Morgan fingerprint density at radius 1 is 0.447 bits per heavy atom. The van der Waals surface area contributed by atoms with Gasteiger partial charge in [0.25, 0.3) is 0 Å². The summed E-state index contributed by atoms with van der Waals surface area (Å²) in [6.07, 6.45) is 0. The molecule has 1 aromatic heterocycles. The molecule has 0 fully saturated rings. The quantitative estimate of drug-likeness (QED) is 0.178. The van der Waals surface area contributed by atoms with Crippen LogP contribution in [0, 0.1) is 0 Å². The molecule has 10 rings (SSSR count). The molecule has 8 aromatic carbocycles. The molecule has 0 bridgehead atoms. The Labute approximate surface area is 278 Å². The number of nitrogens with zero attached hydrogens (tertiary/aromatic N) is 1. The highest BCUT2D eigenvalue weighted by molar-refractivity contribution is 7.25. The molecule has 0 saturated heterocycles. The lowest BCUT2D eigenvalue weighted by atomic mass is 9.82. The van der Waals surface area contributed by atoms with E-state index in [0.717, 1.165) is 0 Å². The van der Waals surface area contributed by atoms with Gasteiger partial charge in [-0.1, -0.05) is 123 Å². The highest BCUT2D eigenvalue weighted by Crippen LogP contribution is 2.51. The molecule has 1 heterocycles. The van der Waals surface area contributed by atoms with Crippen LogP contribution in [0.15, 0.2) is 152 Å². The first-order valence-corrected chi connectivity index (χ1v) is 17.2. The second kappa shape index (κ2) is 9.78. The highest BCUT2D eigenvalue weighted by atomic mass is 32.1. The van der Waals surface area contributed by atoms with Gasteiger partial charge in [0.2, 0.25) is 0 Å². The number of hydrogen-bond acceptors (Lipinski definition) is 2. The summed E-state index contributed by atoms with van der Waals surface area (Å²) in [6.45, 7) is 4.73. The number of thiophene rings is 1. The Balaban J connectivity index is 1.27. The van der Waals surface area contributed by atoms with Crippen molar-refractivity contribution in [2.75, 3.05) is 4.90 Å². The molecule has 0 unspecified atom stereocenters. The smallest absolute Gasteiger partial charge is 0.0540 e. The van der Waals surface area contributed by atoms with E-state index in [9.17, 15) is 0 Å². The SMILES string of the molecule is CC1(C)c2ccccc2-c2ccc(N(c3ccc4sc5ccccc5c4c3)c3cccc4c3ccc3ccc5ccccc5c34)cc21. The van der Waals surface area contributed by atoms with E-state index in [-0.39, 0.29) is 5.41 Å². The van der Waals surface area contributed by atoms with Crippen molar-refractivity contribution in [3.63, 3.8) is 0 Å². The minimum Gasteiger partial charge on any atom is -0.310 e. The van der Waals surface area contributed by atoms with Crippen molar-refractivity contribution < 1.29 is 0 Å². The number of hydrogen-bond donors (Lipinski definition) is 0. The molecule has 1 aliphatic rings. The molecule has 0 spiro atoms. The van der Waals surface area contributed by atoms with Crippen molar-refractivity contribution in [1.29, 1.82) is 0 Å². The molecule has 9 aromatic rings. The minimum atomic E-state index is -0.0883. The van der Waals surface area contributed by atoms with Crippen molar-refractivity contribution in [3.05, 3.63) is 163 Å². The van der Waals surface area contributed by atoms with Gasteiger partial charge in [0.1, 0.15) is 0 Å². The van der Waals surface area contributed by atoms with Gasteiger partial charge in [-0.25, -0.2) is 0 Å². The van der Waals surface area contributed by atoms with E-state index in [1.54, 1.807) is 0 Å². The molecular weight excluding hydrogens is 587 g/mol. The molecule has 47 heavy (non-hydrogen) atoms. The third-order valence-corrected chi connectivity index (χ3v) is 11.6. The van der Waals surface area contributed by atoms with Crippen molar-refractivity contribution >= 4 is 80.9 Å². The van der Waals surface area contributed by atoms with Gasteiger partial charge in [-0.05, 0) is 91.6 Å². The van der Waals surface area contributed by atoms with Gasteiger partial charge in [-0.15, -0.1) is 11.3 Å². The van der Waals surface area contributed by atoms with Gasteiger partial charge in [-0.3, -0.25) is 0 Å². The first kappa shape index (κ1) is 26.7. The van der Waals surface area contributed by atoms with Crippen LogP contribution >= 0.6 is 11.3 Å². The molecule has 0 amide bonds. The number of rotatable bonds is 3. The van der Waals surface area contributed by atoms with E-state index in [2.05, 4.69) is 170 Å². The normalized spacial score (nSPS) is 13.5. The molecule has 0 N–H and O–H groups in total. The summed E-state index contributed by atoms with van der Waals surface area (Å²) < 4.78 is 2.64. The van der Waals surface area contributed by atoms with Crippen molar-refractivity contribution in [1.82, 2.24) is 0 Å². The van der Waals surface area contributed by atoms with Crippen LogP contribution in [-0.4, -0.2) is 0 Å². The van der Waals surface area contributed by atoms with Gasteiger partial charge in [0.15, 0.2) is 0 Å². The summed E-state index contributed by atoms with van der Waals surface area (Å²) in [5.41, 5.74) is 8.89. The van der Waals surface area contributed by atoms with E-state index in [1.165, 1.54) is 91.8 Å². The fourth-order valence-corrected chi connectivity index (χ4v) is 9.24. The second-order valence-electron chi connectivity index (χ2n) is 13.3. The lowest BCUT2D eigenvalue weighted by Crippen LogP contribution is -2.16. The monoisotopic (exact) mass is 617 g/mol. The molecule has 0 aliphatic heterocycles. The number of benzene rings is 8. The lowest BCUT2D eigenvalue weighted by molar-refractivity contribution is 0.660. The Hall–Kier alpha value is -5.44.